The first-order valence-electron chi connectivity index (χ1n) is 14.5. The number of carbonyl (C=O) groups is 1. The molecule has 6 rings (SSSR count). The summed E-state index contributed by atoms with van der Waals surface area (Å²) in [5.41, 5.74) is 6.66. The lowest BCUT2D eigenvalue weighted by Gasteiger charge is -2.36. The van der Waals surface area contributed by atoms with Crippen LogP contribution in [0.5, 0.6) is 0 Å². The predicted molar refractivity (Wildman–Crippen MR) is 172 cm³/mol. The average Bonchev–Trinajstić information content (AvgIpc) is 3.68. The number of amides is 1. The molecule has 5 aromatic rings. The maximum absolute atomic E-state index is 13.8. The summed E-state index contributed by atoms with van der Waals surface area (Å²) < 4.78 is 2.05. The Kier molecular flexibility index (Phi) is 8.64. The Hall–Kier alpha value is -4.71. The van der Waals surface area contributed by atoms with E-state index in [0.29, 0.717) is 24.2 Å². The van der Waals surface area contributed by atoms with Gasteiger partial charge in [0.05, 0.1) is 30.2 Å². The molecule has 0 unspecified atom stereocenters. The van der Waals surface area contributed by atoms with Gasteiger partial charge in [-0.25, -0.2) is 4.98 Å². The van der Waals surface area contributed by atoms with Crippen LogP contribution in [0.25, 0.3) is 0 Å². The fraction of sp³-hybridized carbons (Fsp3) is 0.229. The van der Waals surface area contributed by atoms with E-state index in [9.17, 15) is 4.79 Å². The largest absolute Gasteiger partial charge is 0.369 e. The lowest BCUT2D eigenvalue weighted by Crippen LogP contribution is -2.45. The maximum atomic E-state index is 13.8. The fourth-order valence-corrected chi connectivity index (χ4v) is 6.41. The summed E-state index contributed by atoms with van der Waals surface area (Å²) in [4.78, 5) is 26.5. The maximum Gasteiger partial charge on any atom is 0.258 e. The molecule has 1 saturated heterocycles. The molecule has 3 aromatic carbocycles. The molecule has 1 aliphatic heterocycles. The topological polar surface area (TPSA) is 68.4 Å². The molecule has 43 heavy (non-hydrogen) atoms. The van der Waals surface area contributed by atoms with Gasteiger partial charge in [-0.05, 0) is 78.0 Å². The Morgan fingerprint density at radius 2 is 1.67 bits per heavy atom. The lowest BCUT2D eigenvalue weighted by molar-refractivity contribution is 0.0984. The van der Waals surface area contributed by atoms with Crippen molar-refractivity contribution in [2.45, 2.75) is 26.6 Å². The Balaban J connectivity index is 1.18. The molecule has 2 aromatic heterocycles. The fourth-order valence-electron chi connectivity index (χ4n) is 5.46. The number of piperazine rings is 1. The lowest BCUT2D eigenvalue weighted by atomic mass is 10.1. The minimum Gasteiger partial charge on any atom is -0.369 e. The molecule has 1 fully saturated rings. The standard InChI is InChI=1S/C35H34N6OS/c1-27-15-20-43-34(27)25-38-16-18-39(19-17-38)31-11-13-32(14-12-31)41(35(42)30-5-3-2-4-6-30)24-33-22-37-26-40(33)23-29-9-7-28(21-36)8-10-29/h2-15,20,22,26H,16-19,23-25H2,1H3. The van der Waals surface area contributed by atoms with Gasteiger partial charge in [0.25, 0.3) is 5.91 Å². The van der Waals surface area contributed by atoms with Crippen LogP contribution in [0, 0.1) is 18.3 Å². The van der Waals surface area contributed by atoms with Gasteiger partial charge in [-0.3, -0.25) is 9.69 Å². The number of benzene rings is 3. The molecule has 0 aliphatic carbocycles. The number of nitriles is 1. The van der Waals surface area contributed by atoms with Crippen LogP contribution >= 0.6 is 11.3 Å². The van der Waals surface area contributed by atoms with E-state index in [2.05, 4.69) is 68.1 Å². The van der Waals surface area contributed by atoms with E-state index < -0.39 is 0 Å². The highest BCUT2D eigenvalue weighted by atomic mass is 32.1. The highest BCUT2D eigenvalue weighted by molar-refractivity contribution is 7.10. The Labute approximate surface area is 256 Å². The molecule has 1 aliphatic rings. The zero-order valence-electron chi connectivity index (χ0n) is 24.3. The third-order valence-electron chi connectivity index (χ3n) is 8.05. The number of hydrogen-bond acceptors (Lipinski definition) is 6. The molecule has 7 nitrogen and oxygen atoms in total. The van der Waals surface area contributed by atoms with E-state index >= 15 is 0 Å². The van der Waals surface area contributed by atoms with Gasteiger partial charge in [-0.15, -0.1) is 11.3 Å². The third kappa shape index (κ3) is 6.69. The van der Waals surface area contributed by atoms with Crippen molar-refractivity contribution in [2.75, 3.05) is 36.0 Å². The Bertz CT molecular complexity index is 1690. The second kappa shape index (κ2) is 13.1. The zero-order valence-corrected chi connectivity index (χ0v) is 25.1. The van der Waals surface area contributed by atoms with Crippen LogP contribution in [0.15, 0.2) is 103 Å². The van der Waals surface area contributed by atoms with Crippen molar-refractivity contribution in [1.82, 2.24) is 14.5 Å². The summed E-state index contributed by atoms with van der Waals surface area (Å²) in [7, 11) is 0. The number of nitrogens with zero attached hydrogens (tertiary/aromatic N) is 6. The van der Waals surface area contributed by atoms with Crippen LogP contribution in [0.3, 0.4) is 0 Å². The van der Waals surface area contributed by atoms with Crippen LogP contribution in [-0.2, 0) is 19.6 Å². The molecule has 216 valence electrons. The molecule has 0 bridgehead atoms. The Morgan fingerprint density at radius 1 is 0.930 bits per heavy atom. The number of anilines is 2. The van der Waals surface area contributed by atoms with Crippen molar-refractivity contribution in [3.05, 3.63) is 136 Å². The summed E-state index contributed by atoms with van der Waals surface area (Å²) in [6.45, 7) is 8.21. The highest BCUT2D eigenvalue weighted by Crippen LogP contribution is 2.26. The van der Waals surface area contributed by atoms with Crippen LogP contribution in [0.2, 0.25) is 0 Å². The van der Waals surface area contributed by atoms with Crippen LogP contribution in [-0.4, -0.2) is 46.5 Å². The van der Waals surface area contributed by atoms with Crippen molar-refractivity contribution in [2.24, 2.45) is 0 Å². The van der Waals surface area contributed by atoms with Gasteiger partial charge in [0.2, 0.25) is 0 Å². The van der Waals surface area contributed by atoms with E-state index in [1.54, 1.807) is 6.33 Å². The van der Waals surface area contributed by atoms with E-state index in [1.165, 1.54) is 16.1 Å². The summed E-state index contributed by atoms with van der Waals surface area (Å²) >= 11 is 1.85. The normalized spacial score (nSPS) is 13.5. The first-order chi connectivity index (χ1) is 21.1. The number of rotatable bonds is 9. The number of imidazole rings is 1. The molecule has 1 amide bonds. The van der Waals surface area contributed by atoms with Gasteiger partial charge in [-0.2, -0.15) is 5.26 Å². The molecule has 3 heterocycles. The van der Waals surface area contributed by atoms with Gasteiger partial charge in [0, 0.05) is 67.3 Å². The average molecular weight is 587 g/mol. The van der Waals surface area contributed by atoms with E-state index in [1.807, 2.05) is 77.0 Å². The second-order valence-corrected chi connectivity index (χ2v) is 11.9. The first-order valence-corrected chi connectivity index (χ1v) is 15.4. The summed E-state index contributed by atoms with van der Waals surface area (Å²) in [5, 5.41) is 11.3. The highest BCUT2D eigenvalue weighted by Gasteiger charge is 2.22. The zero-order chi connectivity index (χ0) is 29.6. The van der Waals surface area contributed by atoms with Crippen molar-refractivity contribution < 1.29 is 4.79 Å². The van der Waals surface area contributed by atoms with Crippen molar-refractivity contribution in [3.63, 3.8) is 0 Å². The number of aromatic nitrogens is 2. The number of aryl methyl sites for hydroxylation is 1. The summed E-state index contributed by atoms with van der Waals surface area (Å²) in [6, 6.07) is 29.7. The third-order valence-corrected chi connectivity index (χ3v) is 9.06. The molecule has 8 heteroatoms. The van der Waals surface area contributed by atoms with Crippen LogP contribution in [0.1, 0.15) is 37.6 Å². The first kappa shape index (κ1) is 28.4. The number of hydrogen-bond donors (Lipinski definition) is 0. The summed E-state index contributed by atoms with van der Waals surface area (Å²) in [5.74, 6) is -0.0584. The molecule has 0 radical (unpaired) electrons. The van der Waals surface area contributed by atoms with Crippen molar-refractivity contribution in [1.29, 1.82) is 5.26 Å². The minimum atomic E-state index is -0.0584. The van der Waals surface area contributed by atoms with Crippen molar-refractivity contribution >= 4 is 28.6 Å². The van der Waals surface area contributed by atoms with E-state index in [0.717, 1.165) is 49.7 Å². The molecular weight excluding hydrogens is 552 g/mol. The van der Waals surface area contributed by atoms with Crippen LogP contribution < -0.4 is 9.80 Å². The quantitative estimate of drug-likeness (QED) is 0.202. The molecule has 0 atom stereocenters. The smallest absolute Gasteiger partial charge is 0.258 e. The van der Waals surface area contributed by atoms with Gasteiger partial charge in [0.1, 0.15) is 0 Å². The van der Waals surface area contributed by atoms with Gasteiger partial charge in [-0.1, -0.05) is 30.3 Å². The minimum absolute atomic E-state index is 0.0584. The van der Waals surface area contributed by atoms with E-state index in [4.69, 9.17) is 5.26 Å². The second-order valence-electron chi connectivity index (χ2n) is 10.9. The van der Waals surface area contributed by atoms with Gasteiger partial charge < -0.3 is 14.4 Å². The monoisotopic (exact) mass is 586 g/mol. The SMILES string of the molecule is Cc1ccsc1CN1CCN(c2ccc(N(Cc3cncn3Cc3ccc(C#N)cc3)C(=O)c3ccccc3)cc2)CC1. The van der Waals surface area contributed by atoms with Crippen molar-refractivity contribution in [3.8, 4) is 6.07 Å². The van der Waals surface area contributed by atoms with E-state index in [-0.39, 0.29) is 5.91 Å². The number of carbonyl (C=O) groups excluding carboxylic acids is 1. The molecular formula is C35H34N6OS. The summed E-state index contributed by atoms with van der Waals surface area (Å²) in [6.07, 6.45) is 3.61. The van der Waals surface area contributed by atoms with Gasteiger partial charge >= 0.3 is 0 Å². The molecule has 0 N–H and O–H groups in total. The molecule has 0 saturated carbocycles. The molecule has 0 spiro atoms. The number of thiophene rings is 1. The van der Waals surface area contributed by atoms with Crippen LogP contribution in [0.4, 0.5) is 11.4 Å². The predicted octanol–water partition coefficient (Wildman–Crippen LogP) is 6.34. The Morgan fingerprint density at radius 3 is 2.35 bits per heavy atom. The van der Waals surface area contributed by atoms with Gasteiger partial charge in [0.15, 0.2) is 0 Å².